The van der Waals surface area contributed by atoms with Crippen molar-refractivity contribution >= 4 is 27.7 Å². The van der Waals surface area contributed by atoms with E-state index in [0.717, 1.165) is 0 Å². The van der Waals surface area contributed by atoms with Gasteiger partial charge in [-0.15, -0.1) is 0 Å². The van der Waals surface area contributed by atoms with Crippen LogP contribution in [0.1, 0.15) is 10.4 Å². The van der Waals surface area contributed by atoms with Crippen molar-refractivity contribution in [3.05, 3.63) is 22.3 Å². The van der Waals surface area contributed by atoms with Gasteiger partial charge in [-0.2, -0.15) is 0 Å². The maximum Gasteiger partial charge on any atom is 0.340 e. The van der Waals surface area contributed by atoms with E-state index < -0.39 is 5.97 Å². The van der Waals surface area contributed by atoms with Gasteiger partial charge in [0.2, 0.25) is 0 Å². The molecule has 64 valence electrons. The number of nitrogens with zero attached hydrogens (tertiary/aromatic N) is 1. The molecule has 2 N–H and O–H groups in total. The largest absolute Gasteiger partial charge is 0.478 e. The van der Waals surface area contributed by atoms with Crippen molar-refractivity contribution in [2.45, 2.75) is 0 Å². The number of halogens is 1. The maximum absolute atomic E-state index is 10.7. The lowest BCUT2D eigenvalue weighted by atomic mass is 10.2. The van der Waals surface area contributed by atoms with Gasteiger partial charge in [0, 0.05) is 17.7 Å². The fraction of sp³-hybridized carbons (Fsp3) is 0.143. The lowest BCUT2D eigenvalue weighted by Gasteiger charge is -2.04. The Morgan fingerprint density at radius 1 is 1.75 bits per heavy atom. The van der Waals surface area contributed by atoms with E-state index in [2.05, 4.69) is 26.2 Å². The van der Waals surface area contributed by atoms with Crippen LogP contribution in [0.25, 0.3) is 0 Å². The molecule has 0 unspecified atom stereocenters. The minimum Gasteiger partial charge on any atom is -0.478 e. The number of nitrogens with one attached hydrogen (secondary N) is 1. The molecule has 12 heavy (non-hydrogen) atoms. The van der Waals surface area contributed by atoms with E-state index in [1.165, 1.54) is 6.20 Å². The van der Waals surface area contributed by atoms with Crippen LogP contribution < -0.4 is 5.32 Å². The van der Waals surface area contributed by atoms with E-state index in [9.17, 15) is 4.79 Å². The number of aromatic nitrogens is 1. The van der Waals surface area contributed by atoms with Crippen LogP contribution in [-0.2, 0) is 0 Å². The molecule has 0 aromatic carbocycles. The second-order valence-electron chi connectivity index (χ2n) is 2.07. The molecule has 1 aromatic heterocycles. The van der Waals surface area contributed by atoms with Crippen molar-refractivity contribution in [2.24, 2.45) is 0 Å². The summed E-state index contributed by atoms with van der Waals surface area (Å²) < 4.78 is 0.523. The van der Waals surface area contributed by atoms with Gasteiger partial charge in [-0.3, -0.25) is 0 Å². The van der Waals surface area contributed by atoms with Gasteiger partial charge in [-0.25, -0.2) is 9.78 Å². The number of anilines is 1. The highest BCUT2D eigenvalue weighted by atomic mass is 79.9. The second kappa shape index (κ2) is 3.53. The molecule has 0 spiro atoms. The third-order valence-electron chi connectivity index (χ3n) is 1.35. The number of aromatic carboxylic acids is 1. The Bertz CT molecular complexity index is 314. The molecule has 0 saturated carbocycles. The molecule has 0 saturated heterocycles. The van der Waals surface area contributed by atoms with Crippen LogP contribution in [0, 0.1) is 0 Å². The number of pyridine rings is 1. The average molecular weight is 231 g/mol. The minimum absolute atomic E-state index is 0.153. The first-order valence-electron chi connectivity index (χ1n) is 3.22. The van der Waals surface area contributed by atoms with Crippen LogP contribution in [0.15, 0.2) is 16.7 Å². The van der Waals surface area contributed by atoms with E-state index in [1.807, 2.05) is 0 Å². The van der Waals surface area contributed by atoms with Gasteiger partial charge in [0.25, 0.3) is 0 Å². The van der Waals surface area contributed by atoms with Gasteiger partial charge in [-0.05, 0) is 22.0 Å². The zero-order chi connectivity index (χ0) is 9.14. The molecule has 0 atom stereocenters. The van der Waals surface area contributed by atoms with Crippen molar-refractivity contribution in [2.75, 3.05) is 12.4 Å². The van der Waals surface area contributed by atoms with Crippen molar-refractivity contribution in [3.8, 4) is 0 Å². The predicted octanol–water partition coefficient (Wildman–Crippen LogP) is 1.58. The summed E-state index contributed by atoms with van der Waals surface area (Å²) in [5.74, 6) is -0.642. The van der Waals surface area contributed by atoms with Gasteiger partial charge in [0.15, 0.2) is 0 Å². The summed E-state index contributed by atoms with van der Waals surface area (Å²) in [5.41, 5.74) is 0.153. The SMILES string of the molecule is CNc1nccc(Br)c1C(=O)O. The third kappa shape index (κ3) is 1.55. The molecule has 0 aliphatic heterocycles. The molecular weight excluding hydrogens is 224 g/mol. The summed E-state index contributed by atoms with van der Waals surface area (Å²) in [4.78, 5) is 14.5. The van der Waals surface area contributed by atoms with Crippen LogP contribution in [-0.4, -0.2) is 23.1 Å². The number of rotatable bonds is 2. The number of hydrogen-bond donors (Lipinski definition) is 2. The lowest BCUT2D eigenvalue weighted by Crippen LogP contribution is -2.05. The highest BCUT2D eigenvalue weighted by Gasteiger charge is 2.13. The fourth-order valence-corrected chi connectivity index (χ4v) is 1.31. The molecule has 4 nitrogen and oxygen atoms in total. The normalized spacial score (nSPS) is 9.50. The molecule has 1 rings (SSSR count). The molecule has 1 aromatic rings. The molecule has 5 heteroatoms. The van der Waals surface area contributed by atoms with E-state index in [4.69, 9.17) is 5.11 Å². The zero-order valence-electron chi connectivity index (χ0n) is 6.34. The first kappa shape index (κ1) is 8.99. The van der Waals surface area contributed by atoms with Crippen LogP contribution in [0.3, 0.4) is 0 Å². The van der Waals surface area contributed by atoms with Crippen molar-refractivity contribution in [3.63, 3.8) is 0 Å². The van der Waals surface area contributed by atoms with Gasteiger partial charge < -0.3 is 10.4 Å². The molecule has 0 amide bonds. The first-order valence-corrected chi connectivity index (χ1v) is 4.01. The topological polar surface area (TPSA) is 62.2 Å². The molecule has 0 fully saturated rings. The van der Waals surface area contributed by atoms with Crippen molar-refractivity contribution in [1.82, 2.24) is 4.98 Å². The maximum atomic E-state index is 10.7. The second-order valence-corrected chi connectivity index (χ2v) is 2.93. The van der Waals surface area contributed by atoms with Gasteiger partial charge in [0.05, 0.1) is 0 Å². The standard InChI is InChI=1S/C7H7BrN2O2/c1-9-6-5(7(11)12)4(8)2-3-10-6/h2-3H,1H3,(H,9,10)(H,11,12). The Balaban J connectivity index is 3.29. The monoisotopic (exact) mass is 230 g/mol. The predicted molar refractivity (Wildman–Crippen MR) is 48.4 cm³/mol. The van der Waals surface area contributed by atoms with Crippen LogP contribution in [0.2, 0.25) is 0 Å². The summed E-state index contributed by atoms with van der Waals surface area (Å²) in [6, 6.07) is 1.59. The minimum atomic E-state index is -1.00. The summed E-state index contributed by atoms with van der Waals surface area (Å²) >= 11 is 3.13. The van der Waals surface area contributed by atoms with Gasteiger partial charge in [0.1, 0.15) is 11.4 Å². The molecule has 0 aliphatic carbocycles. The van der Waals surface area contributed by atoms with Crippen LogP contribution in [0.5, 0.6) is 0 Å². The van der Waals surface area contributed by atoms with Gasteiger partial charge in [-0.1, -0.05) is 0 Å². The smallest absolute Gasteiger partial charge is 0.340 e. The first-order chi connectivity index (χ1) is 5.66. The number of carbonyl (C=O) groups is 1. The summed E-state index contributed by atoms with van der Waals surface area (Å²) in [5, 5.41) is 11.5. The highest BCUT2D eigenvalue weighted by molar-refractivity contribution is 9.10. The zero-order valence-corrected chi connectivity index (χ0v) is 7.92. The molecule has 1 heterocycles. The van der Waals surface area contributed by atoms with Crippen LogP contribution >= 0.6 is 15.9 Å². The Kier molecular flexibility index (Phi) is 2.65. The molecular formula is C7H7BrN2O2. The van der Waals surface area contributed by atoms with Crippen molar-refractivity contribution < 1.29 is 9.90 Å². The van der Waals surface area contributed by atoms with Crippen LogP contribution in [0.4, 0.5) is 5.82 Å². The number of carboxylic acid groups (broad SMARTS) is 1. The Hall–Kier alpha value is -1.10. The number of hydrogen-bond acceptors (Lipinski definition) is 3. The Labute approximate surface area is 77.8 Å². The fourth-order valence-electron chi connectivity index (χ4n) is 0.831. The van der Waals surface area contributed by atoms with E-state index >= 15 is 0 Å². The van der Waals surface area contributed by atoms with Crippen molar-refractivity contribution in [1.29, 1.82) is 0 Å². The molecule has 0 bridgehead atoms. The summed E-state index contributed by atoms with van der Waals surface area (Å²) in [6.45, 7) is 0. The van der Waals surface area contributed by atoms with E-state index in [-0.39, 0.29) is 5.56 Å². The molecule has 0 aliphatic rings. The third-order valence-corrected chi connectivity index (χ3v) is 2.01. The number of carboxylic acids is 1. The average Bonchev–Trinajstić information content (AvgIpc) is 2.03. The van der Waals surface area contributed by atoms with E-state index in [1.54, 1.807) is 13.1 Å². The highest BCUT2D eigenvalue weighted by Crippen LogP contribution is 2.21. The van der Waals surface area contributed by atoms with Gasteiger partial charge >= 0.3 is 5.97 Å². The summed E-state index contributed by atoms with van der Waals surface area (Å²) in [7, 11) is 1.63. The van der Waals surface area contributed by atoms with E-state index in [0.29, 0.717) is 10.3 Å². The molecule has 0 radical (unpaired) electrons. The Morgan fingerprint density at radius 2 is 2.42 bits per heavy atom. The quantitative estimate of drug-likeness (QED) is 0.811. The summed E-state index contributed by atoms with van der Waals surface area (Å²) in [6.07, 6.45) is 1.53. The Morgan fingerprint density at radius 3 is 2.83 bits per heavy atom. The lowest BCUT2D eigenvalue weighted by molar-refractivity contribution is 0.0696.